The average Bonchev–Trinajstić information content (AvgIpc) is 3.26. The van der Waals surface area contributed by atoms with Gasteiger partial charge in [-0.15, -0.1) is 0 Å². The monoisotopic (exact) mass is 412 g/mol. The van der Waals surface area contributed by atoms with E-state index in [1.165, 1.54) is 0 Å². The standard InChI is InChI=1S/C25H20N2O4/c26-13-16-2-1-3-19(8-16)22-11-18(10-20-6-7-30-25(20)22)15-31-23-5-4-17(14-27)9-21(23)12-24(28)29/h1-11H,12-13,15,26H2,(H,28,29). The van der Waals surface area contributed by atoms with Gasteiger partial charge >= 0.3 is 5.97 Å². The van der Waals surface area contributed by atoms with Gasteiger partial charge in [0.2, 0.25) is 0 Å². The van der Waals surface area contributed by atoms with Crippen molar-refractivity contribution in [3.05, 3.63) is 89.2 Å². The maximum absolute atomic E-state index is 11.2. The molecule has 0 aliphatic carbocycles. The van der Waals surface area contributed by atoms with Crippen LogP contribution in [0.1, 0.15) is 22.3 Å². The maximum Gasteiger partial charge on any atom is 0.307 e. The minimum absolute atomic E-state index is 0.219. The normalized spacial score (nSPS) is 10.7. The number of aliphatic carboxylic acids is 1. The number of furan rings is 1. The Bertz CT molecular complexity index is 1300. The summed E-state index contributed by atoms with van der Waals surface area (Å²) in [6, 6.07) is 20.7. The van der Waals surface area contributed by atoms with Crippen molar-refractivity contribution in [2.45, 2.75) is 19.6 Å². The van der Waals surface area contributed by atoms with Gasteiger partial charge in [0.25, 0.3) is 0 Å². The van der Waals surface area contributed by atoms with E-state index in [0.29, 0.717) is 23.4 Å². The molecule has 0 bridgehead atoms. The van der Waals surface area contributed by atoms with Crippen molar-refractivity contribution in [1.29, 1.82) is 5.26 Å². The van der Waals surface area contributed by atoms with Gasteiger partial charge in [-0.2, -0.15) is 5.26 Å². The first kappa shape index (κ1) is 20.2. The minimum Gasteiger partial charge on any atom is -0.489 e. The van der Waals surface area contributed by atoms with E-state index in [1.54, 1.807) is 24.5 Å². The highest BCUT2D eigenvalue weighted by molar-refractivity contribution is 5.93. The first-order valence-electron chi connectivity index (χ1n) is 9.74. The van der Waals surface area contributed by atoms with E-state index in [-0.39, 0.29) is 13.0 Å². The van der Waals surface area contributed by atoms with Crippen molar-refractivity contribution in [2.24, 2.45) is 5.73 Å². The SMILES string of the molecule is N#Cc1ccc(OCc2cc(-c3cccc(CN)c3)c3occc3c2)c(CC(=O)O)c1. The third-order valence-corrected chi connectivity index (χ3v) is 5.01. The number of carboxylic acids is 1. The second-order valence-electron chi connectivity index (χ2n) is 7.18. The average molecular weight is 412 g/mol. The zero-order valence-corrected chi connectivity index (χ0v) is 16.7. The van der Waals surface area contributed by atoms with Gasteiger partial charge in [-0.3, -0.25) is 4.79 Å². The molecule has 0 radical (unpaired) electrons. The number of carbonyl (C=O) groups is 1. The zero-order valence-electron chi connectivity index (χ0n) is 16.7. The molecule has 4 aromatic rings. The molecule has 0 spiro atoms. The zero-order chi connectivity index (χ0) is 21.8. The molecule has 0 unspecified atom stereocenters. The summed E-state index contributed by atoms with van der Waals surface area (Å²) in [4.78, 5) is 11.2. The molecule has 4 rings (SSSR count). The van der Waals surface area contributed by atoms with Crippen molar-refractivity contribution in [3.8, 4) is 22.9 Å². The van der Waals surface area contributed by atoms with Gasteiger partial charge in [0.05, 0.1) is 24.3 Å². The maximum atomic E-state index is 11.2. The summed E-state index contributed by atoms with van der Waals surface area (Å²) in [5, 5.41) is 19.2. The van der Waals surface area contributed by atoms with Crippen LogP contribution in [0.15, 0.2) is 71.3 Å². The largest absolute Gasteiger partial charge is 0.489 e. The Morgan fingerprint density at radius 1 is 1.10 bits per heavy atom. The third kappa shape index (κ3) is 4.42. The van der Waals surface area contributed by atoms with Crippen LogP contribution in [-0.4, -0.2) is 11.1 Å². The third-order valence-electron chi connectivity index (χ3n) is 5.01. The quantitative estimate of drug-likeness (QED) is 0.458. The van der Waals surface area contributed by atoms with E-state index in [9.17, 15) is 9.90 Å². The summed E-state index contributed by atoms with van der Waals surface area (Å²) in [6.45, 7) is 0.687. The molecule has 0 amide bonds. The molecule has 0 fully saturated rings. The van der Waals surface area contributed by atoms with Gasteiger partial charge < -0.3 is 20.0 Å². The number of nitrogens with two attached hydrogens (primary N) is 1. The summed E-state index contributed by atoms with van der Waals surface area (Å²) < 4.78 is 11.7. The number of fused-ring (bicyclic) bond motifs is 1. The van der Waals surface area contributed by atoms with Crippen LogP contribution in [0.5, 0.6) is 5.75 Å². The Balaban J connectivity index is 1.67. The summed E-state index contributed by atoms with van der Waals surface area (Å²) in [5.41, 5.74) is 11.3. The molecule has 3 N–H and O–H groups in total. The molecule has 0 saturated heterocycles. The van der Waals surface area contributed by atoms with Gasteiger partial charge in [0.15, 0.2) is 0 Å². The highest BCUT2D eigenvalue weighted by Gasteiger charge is 2.13. The molecule has 0 saturated carbocycles. The molecular formula is C25H20N2O4. The lowest BCUT2D eigenvalue weighted by Gasteiger charge is -2.13. The van der Waals surface area contributed by atoms with Crippen molar-refractivity contribution in [3.63, 3.8) is 0 Å². The molecule has 0 aliphatic rings. The van der Waals surface area contributed by atoms with E-state index in [1.807, 2.05) is 48.5 Å². The van der Waals surface area contributed by atoms with E-state index in [4.69, 9.17) is 20.1 Å². The van der Waals surface area contributed by atoms with Crippen molar-refractivity contribution < 1.29 is 19.1 Å². The van der Waals surface area contributed by atoms with Crippen molar-refractivity contribution >= 4 is 16.9 Å². The summed E-state index contributed by atoms with van der Waals surface area (Å²) in [5.74, 6) is -0.540. The fourth-order valence-electron chi connectivity index (χ4n) is 3.56. The number of rotatable bonds is 7. The first-order chi connectivity index (χ1) is 15.1. The number of benzene rings is 3. The number of hydrogen-bond donors (Lipinski definition) is 2. The van der Waals surface area contributed by atoms with Crippen LogP contribution in [0.4, 0.5) is 0 Å². The van der Waals surface area contributed by atoms with Gasteiger partial charge in [0, 0.05) is 23.1 Å². The van der Waals surface area contributed by atoms with E-state index in [2.05, 4.69) is 0 Å². The van der Waals surface area contributed by atoms with Crippen molar-refractivity contribution in [2.75, 3.05) is 0 Å². The lowest BCUT2D eigenvalue weighted by molar-refractivity contribution is -0.136. The van der Waals surface area contributed by atoms with Crippen LogP contribution in [0.2, 0.25) is 0 Å². The first-order valence-corrected chi connectivity index (χ1v) is 9.74. The van der Waals surface area contributed by atoms with E-state index < -0.39 is 5.97 Å². The minimum atomic E-state index is -0.984. The Hall–Kier alpha value is -4.08. The molecule has 1 aromatic heterocycles. The molecule has 154 valence electrons. The van der Waals surface area contributed by atoms with Crippen LogP contribution in [-0.2, 0) is 24.4 Å². The number of ether oxygens (including phenoxy) is 1. The van der Waals surface area contributed by atoms with Gasteiger partial charge in [-0.1, -0.05) is 18.2 Å². The molecule has 6 heteroatoms. The van der Waals surface area contributed by atoms with Gasteiger partial charge in [0.1, 0.15) is 17.9 Å². The van der Waals surface area contributed by atoms with Gasteiger partial charge in [-0.05, 0) is 59.2 Å². The second-order valence-corrected chi connectivity index (χ2v) is 7.18. The topological polar surface area (TPSA) is 109 Å². The molecule has 0 aliphatic heterocycles. The Morgan fingerprint density at radius 2 is 1.97 bits per heavy atom. The number of nitrogens with zero attached hydrogens (tertiary/aromatic N) is 1. The Labute approximate surface area is 179 Å². The number of hydrogen-bond acceptors (Lipinski definition) is 5. The summed E-state index contributed by atoms with van der Waals surface area (Å²) >= 11 is 0. The number of nitriles is 1. The lowest BCUT2D eigenvalue weighted by atomic mass is 9.99. The molecular weight excluding hydrogens is 392 g/mol. The lowest BCUT2D eigenvalue weighted by Crippen LogP contribution is -2.05. The van der Waals surface area contributed by atoms with Crippen molar-refractivity contribution in [1.82, 2.24) is 0 Å². The van der Waals surface area contributed by atoms with Crippen LogP contribution in [0.25, 0.3) is 22.1 Å². The van der Waals surface area contributed by atoms with Crippen LogP contribution < -0.4 is 10.5 Å². The highest BCUT2D eigenvalue weighted by atomic mass is 16.5. The molecule has 1 heterocycles. The molecule has 0 atom stereocenters. The van der Waals surface area contributed by atoms with Crippen LogP contribution >= 0.6 is 0 Å². The molecule has 31 heavy (non-hydrogen) atoms. The van der Waals surface area contributed by atoms with Crippen LogP contribution in [0.3, 0.4) is 0 Å². The van der Waals surface area contributed by atoms with E-state index >= 15 is 0 Å². The predicted octanol–water partition coefficient (Wildman–Crippen LogP) is 4.64. The smallest absolute Gasteiger partial charge is 0.307 e. The van der Waals surface area contributed by atoms with Crippen LogP contribution in [0, 0.1) is 11.3 Å². The van der Waals surface area contributed by atoms with Gasteiger partial charge in [-0.25, -0.2) is 0 Å². The Morgan fingerprint density at radius 3 is 2.74 bits per heavy atom. The molecule has 6 nitrogen and oxygen atoms in total. The summed E-state index contributed by atoms with van der Waals surface area (Å²) in [6.07, 6.45) is 1.43. The summed E-state index contributed by atoms with van der Waals surface area (Å²) in [7, 11) is 0. The fourth-order valence-corrected chi connectivity index (χ4v) is 3.56. The predicted molar refractivity (Wildman–Crippen MR) is 116 cm³/mol. The number of carboxylic acid groups (broad SMARTS) is 1. The Kier molecular flexibility index (Phi) is 5.69. The second kappa shape index (κ2) is 8.74. The van der Waals surface area contributed by atoms with E-state index in [0.717, 1.165) is 33.2 Å². The molecule has 3 aromatic carbocycles. The highest BCUT2D eigenvalue weighted by Crippen LogP contribution is 2.32. The fraction of sp³-hybridized carbons (Fsp3) is 0.120.